The summed E-state index contributed by atoms with van der Waals surface area (Å²) in [5.74, 6) is -1.44. The number of Topliss-reactive ketones (excluding diaryl/α,β-unsaturated/α-hetero) is 2. The smallest absolute Gasteiger partial charge is 0.259 e. The molecule has 2 rings (SSSR count). The summed E-state index contributed by atoms with van der Waals surface area (Å²) in [6.07, 6.45) is 0.799. The predicted octanol–water partition coefficient (Wildman–Crippen LogP) is -1.20. The molecule has 0 radical (unpaired) electrons. The summed E-state index contributed by atoms with van der Waals surface area (Å²) in [4.78, 5) is 70.1. The zero-order valence-corrected chi connectivity index (χ0v) is 20.6. The molecule has 0 spiro atoms. The Hall–Kier alpha value is -2.86. The molecule has 0 aromatic carbocycles. The first kappa shape index (κ1) is 28.2. The summed E-state index contributed by atoms with van der Waals surface area (Å²) < 4.78 is 0. The highest BCUT2D eigenvalue weighted by Gasteiger charge is 2.43. The van der Waals surface area contributed by atoms with E-state index >= 15 is 0 Å². The number of nitrogens with zero attached hydrogens (tertiary/aromatic N) is 2. The molecule has 33 heavy (non-hydrogen) atoms. The van der Waals surface area contributed by atoms with E-state index in [1.807, 2.05) is 0 Å². The molecule has 12 heteroatoms. The van der Waals surface area contributed by atoms with Gasteiger partial charge in [-0.3, -0.25) is 39.6 Å². The number of ketones is 2. The minimum Gasteiger partial charge on any atom is -0.309 e. The molecule has 186 valence electrons. The molecule has 2 saturated heterocycles. The van der Waals surface area contributed by atoms with Gasteiger partial charge in [-0.05, 0) is 62.1 Å². The van der Waals surface area contributed by atoms with Gasteiger partial charge in [-0.2, -0.15) is 0 Å². The van der Waals surface area contributed by atoms with E-state index < -0.39 is 23.2 Å². The Labute approximate surface area is 194 Å². The topological polar surface area (TPSA) is 157 Å². The standard InChI is InChI=1S/C11H19N3O3.C10H17N3O3/c1-7(15)11(2,3)14-10(17)8(12-4)5-6-9(16)13-14;1-6(14)10(2,3)13-9(16)7(11-4)5-8(15)12-13/h8,12H,5-6H2,1-4H3,(H,13,16);7,11H,5H2,1-4H3,(H,12,15)/t8-;7-/m11/s1. The first-order valence-corrected chi connectivity index (χ1v) is 10.7. The highest BCUT2D eigenvalue weighted by Crippen LogP contribution is 2.19. The summed E-state index contributed by atoms with van der Waals surface area (Å²) in [6, 6.07) is -1.00. The van der Waals surface area contributed by atoms with Crippen molar-refractivity contribution in [2.24, 2.45) is 0 Å². The van der Waals surface area contributed by atoms with Crippen LogP contribution in [0.4, 0.5) is 0 Å². The SMILES string of the molecule is CN[C@@H]1CC(=O)NN(C(C)(C)C(C)=O)C1=O.CN[C@@H]1CCC(=O)NN(C(C)(C)C(C)=O)C1=O. The van der Waals surface area contributed by atoms with Crippen LogP contribution in [0.3, 0.4) is 0 Å². The molecule has 4 N–H and O–H groups in total. The van der Waals surface area contributed by atoms with Crippen molar-refractivity contribution in [2.45, 2.75) is 84.0 Å². The van der Waals surface area contributed by atoms with Gasteiger partial charge in [0.2, 0.25) is 11.8 Å². The van der Waals surface area contributed by atoms with Gasteiger partial charge < -0.3 is 10.6 Å². The second-order valence-electron chi connectivity index (χ2n) is 9.07. The third-order valence-electron chi connectivity index (χ3n) is 6.10. The quantitative estimate of drug-likeness (QED) is 0.379. The zero-order valence-electron chi connectivity index (χ0n) is 20.6. The summed E-state index contributed by atoms with van der Waals surface area (Å²) >= 11 is 0. The first-order chi connectivity index (χ1) is 15.1. The van der Waals surface area contributed by atoms with E-state index in [1.54, 1.807) is 41.8 Å². The molecule has 0 aliphatic carbocycles. The van der Waals surface area contributed by atoms with Crippen molar-refractivity contribution in [3.8, 4) is 0 Å². The van der Waals surface area contributed by atoms with E-state index in [4.69, 9.17) is 0 Å². The molecule has 4 amide bonds. The van der Waals surface area contributed by atoms with Crippen LogP contribution in [-0.2, 0) is 28.8 Å². The Morgan fingerprint density at radius 1 is 0.788 bits per heavy atom. The molecule has 2 heterocycles. The van der Waals surface area contributed by atoms with E-state index in [9.17, 15) is 28.8 Å². The van der Waals surface area contributed by atoms with Gasteiger partial charge in [-0.15, -0.1) is 0 Å². The Balaban J connectivity index is 0.000000331. The van der Waals surface area contributed by atoms with Crippen molar-refractivity contribution < 1.29 is 28.8 Å². The second-order valence-corrected chi connectivity index (χ2v) is 9.07. The van der Waals surface area contributed by atoms with Crippen molar-refractivity contribution >= 4 is 35.2 Å². The van der Waals surface area contributed by atoms with Crippen LogP contribution < -0.4 is 21.5 Å². The van der Waals surface area contributed by atoms with Crippen LogP contribution in [0.25, 0.3) is 0 Å². The summed E-state index contributed by atoms with van der Waals surface area (Å²) in [5.41, 5.74) is 2.87. The van der Waals surface area contributed by atoms with Gasteiger partial charge in [0.15, 0.2) is 11.6 Å². The van der Waals surface area contributed by atoms with Crippen molar-refractivity contribution in [2.75, 3.05) is 14.1 Å². The number of rotatable bonds is 6. The maximum absolute atomic E-state index is 12.2. The number of carbonyl (C=O) groups excluding carboxylic acids is 6. The van der Waals surface area contributed by atoms with Crippen LogP contribution in [0, 0.1) is 0 Å². The molecule has 2 atom stereocenters. The maximum Gasteiger partial charge on any atom is 0.259 e. The minimum absolute atomic E-state index is 0.0970. The molecule has 0 saturated carbocycles. The Morgan fingerprint density at radius 2 is 1.18 bits per heavy atom. The average Bonchev–Trinajstić information content (AvgIpc) is 2.87. The lowest BCUT2D eigenvalue weighted by atomic mass is 9.97. The minimum atomic E-state index is -1.04. The third kappa shape index (κ3) is 6.35. The third-order valence-corrected chi connectivity index (χ3v) is 6.10. The van der Waals surface area contributed by atoms with Crippen LogP contribution in [0.15, 0.2) is 0 Å². The molecule has 0 bridgehead atoms. The van der Waals surface area contributed by atoms with Gasteiger partial charge >= 0.3 is 0 Å². The number of amides is 4. The number of nitrogens with one attached hydrogen (secondary N) is 4. The highest BCUT2D eigenvalue weighted by molar-refractivity contribution is 5.98. The summed E-state index contributed by atoms with van der Waals surface area (Å²) in [5, 5.41) is 7.88. The Kier molecular flexibility index (Phi) is 9.25. The first-order valence-electron chi connectivity index (χ1n) is 10.7. The van der Waals surface area contributed by atoms with Gasteiger partial charge in [-0.25, -0.2) is 10.0 Å². The highest BCUT2D eigenvalue weighted by atomic mass is 16.2. The van der Waals surface area contributed by atoms with Crippen molar-refractivity contribution in [1.29, 1.82) is 0 Å². The molecule has 2 aliphatic heterocycles. The largest absolute Gasteiger partial charge is 0.309 e. The van der Waals surface area contributed by atoms with Gasteiger partial charge in [0, 0.05) is 6.42 Å². The number of likely N-dealkylation sites (N-methyl/N-ethyl adjacent to an activating group) is 2. The van der Waals surface area contributed by atoms with Crippen LogP contribution in [0.5, 0.6) is 0 Å². The van der Waals surface area contributed by atoms with Crippen molar-refractivity contribution in [1.82, 2.24) is 31.5 Å². The van der Waals surface area contributed by atoms with E-state index in [1.165, 1.54) is 13.8 Å². The van der Waals surface area contributed by atoms with Crippen LogP contribution in [0.1, 0.15) is 60.8 Å². The lowest BCUT2D eigenvalue weighted by molar-refractivity contribution is -0.160. The molecule has 2 aliphatic rings. The predicted molar refractivity (Wildman–Crippen MR) is 119 cm³/mol. The lowest BCUT2D eigenvalue weighted by Gasteiger charge is -2.41. The molecule has 12 nitrogen and oxygen atoms in total. The van der Waals surface area contributed by atoms with Gasteiger partial charge in [0.1, 0.15) is 11.1 Å². The van der Waals surface area contributed by atoms with Crippen LogP contribution in [0.2, 0.25) is 0 Å². The fourth-order valence-corrected chi connectivity index (χ4v) is 3.08. The number of carbonyl (C=O) groups is 6. The van der Waals surface area contributed by atoms with Crippen molar-refractivity contribution in [3.63, 3.8) is 0 Å². The van der Waals surface area contributed by atoms with Crippen LogP contribution in [-0.4, -0.2) is 82.5 Å². The van der Waals surface area contributed by atoms with Gasteiger partial charge in [0.25, 0.3) is 11.8 Å². The monoisotopic (exact) mass is 468 g/mol. The molecule has 0 aromatic heterocycles. The second kappa shape index (κ2) is 10.8. The molecular formula is C21H36N6O6. The molecular weight excluding hydrogens is 432 g/mol. The maximum atomic E-state index is 12.2. The average molecular weight is 469 g/mol. The normalized spacial score (nSPS) is 22.1. The number of hydrogen-bond acceptors (Lipinski definition) is 8. The molecule has 0 aromatic rings. The van der Waals surface area contributed by atoms with E-state index in [0.29, 0.717) is 6.42 Å². The molecule has 2 fully saturated rings. The summed E-state index contributed by atoms with van der Waals surface area (Å²) in [6.45, 7) is 9.23. The number of hydrazine groups is 2. The van der Waals surface area contributed by atoms with Crippen LogP contribution >= 0.6 is 0 Å². The van der Waals surface area contributed by atoms with Gasteiger partial charge in [0.05, 0.1) is 18.5 Å². The zero-order chi connectivity index (χ0) is 25.7. The molecule has 0 unspecified atom stereocenters. The van der Waals surface area contributed by atoms with E-state index in [2.05, 4.69) is 21.5 Å². The number of hydrogen-bond donors (Lipinski definition) is 4. The van der Waals surface area contributed by atoms with Crippen molar-refractivity contribution in [3.05, 3.63) is 0 Å². The lowest BCUT2D eigenvalue weighted by Crippen LogP contribution is -2.67. The van der Waals surface area contributed by atoms with Gasteiger partial charge in [-0.1, -0.05) is 0 Å². The fraction of sp³-hybridized carbons (Fsp3) is 0.714. The fourth-order valence-electron chi connectivity index (χ4n) is 3.08. The Morgan fingerprint density at radius 3 is 1.58 bits per heavy atom. The van der Waals surface area contributed by atoms with E-state index in [-0.39, 0.29) is 48.0 Å². The summed E-state index contributed by atoms with van der Waals surface area (Å²) in [7, 11) is 3.28. The van der Waals surface area contributed by atoms with E-state index in [0.717, 1.165) is 10.0 Å². The Bertz CT molecular complexity index is 824.